The van der Waals surface area contributed by atoms with Crippen molar-refractivity contribution in [1.82, 2.24) is 19.8 Å². The summed E-state index contributed by atoms with van der Waals surface area (Å²) in [6.07, 6.45) is 4.18. The molecule has 2 aromatic rings. The van der Waals surface area contributed by atoms with Crippen LogP contribution in [0.15, 0.2) is 33.9 Å². The van der Waals surface area contributed by atoms with Gasteiger partial charge in [0.2, 0.25) is 5.91 Å². The van der Waals surface area contributed by atoms with E-state index in [1.807, 2.05) is 0 Å². The number of hydrogen-bond donors (Lipinski definition) is 2. The number of fused-ring (bicyclic) bond motifs is 3. The fourth-order valence-electron chi connectivity index (χ4n) is 4.14. The smallest absolute Gasteiger partial charge is 0.329 e. The molecule has 7 nitrogen and oxygen atoms in total. The maximum atomic E-state index is 12.7. The normalized spacial score (nSPS) is 25.2. The van der Waals surface area contributed by atoms with Gasteiger partial charge in [-0.3, -0.25) is 14.2 Å². The molecule has 132 valence electrons. The molecule has 1 aromatic heterocycles. The van der Waals surface area contributed by atoms with Gasteiger partial charge in [-0.25, -0.2) is 4.79 Å². The fraction of sp³-hybridized carbons (Fsp3) is 0.500. The summed E-state index contributed by atoms with van der Waals surface area (Å²) in [5.74, 6) is -0.200. The zero-order valence-corrected chi connectivity index (χ0v) is 14.2. The first-order valence-corrected chi connectivity index (χ1v) is 8.76. The largest absolute Gasteiger partial charge is 0.341 e. The van der Waals surface area contributed by atoms with Crippen LogP contribution < -0.4 is 16.6 Å². The van der Waals surface area contributed by atoms with Crippen molar-refractivity contribution in [3.05, 3.63) is 45.1 Å². The molecule has 2 bridgehead atoms. The molecule has 2 saturated heterocycles. The molecular weight excluding hydrogens is 320 g/mol. The van der Waals surface area contributed by atoms with Crippen LogP contribution in [-0.2, 0) is 11.3 Å². The number of nitrogens with one attached hydrogen (secondary N) is 2. The number of piperidine rings is 1. The van der Waals surface area contributed by atoms with Crippen molar-refractivity contribution in [3.63, 3.8) is 0 Å². The minimum Gasteiger partial charge on any atom is -0.341 e. The van der Waals surface area contributed by atoms with Crippen molar-refractivity contribution in [1.29, 1.82) is 0 Å². The molecule has 2 N–H and O–H groups in total. The van der Waals surface area contributed by atoms with E-state index in [-0.39, 0.29) is 18.5 Å². The van der Waals surface area contributed by atoms with Crippen LogP contribution in [0.25, 0.3) is 10.9 Å². The zero-order chi connectivity index (χ0) is 17.6. The van der Waals surface area contributed by atoms with E-state index in [4.69, 9.17) is 0 Å². The highest BCUT2D eigenvalue weighted by Crippen LogP contribution is 2.29. The van der Waals surface area contributed by atoms with Gasteiger partial charge in [-0.1, -0.05) is 12.1 Å². The summed E-state index contributed by atoms with van der Waals surface area (Å²) in [6.45, 7) is -0.227. The SMILES string of the molecule is CN(C(=O)Cn1c(=O)[nH]c2ccccc2c1=O)C1CC2CCC(C1)N2. The molecule has 7 heteroatoms. The second-order valence-electron chi connectivity index (χ2n) is 7.13. The summed E-state index contributed by atoms with van der Waals surface area (Å²) in [7, 11) is 1.78. The Hall–Kier alpha value is -2.41. The number of benzene rings is 1. The maximum Gasteiger partial charge on any atom is 0.329 e. The van der Waals surface area contributed by atoms with E-state index < -0.39 is 11.2 Å². The van der Waals surface area contributed by atoms with Crippen LogP contribution in [0.1, 0.15) is 25.7 Å². The second-order valence-corrected chi connectivity index (χ2v) is 7.13. The lowest BCUT2D eigenvalue weighted by molar-refractivity contribution is -0.133. The molecule has 0 saturated carbocycles. The van der Waals surface area contributed by atoms with Crippen LogP contribution in [-0.4, -0.2) is 45.5 Å². The number of para-hydroxylation sites is 1. The number of nitrogens with zero attached hydrogens (tertiary/aromatic N) is 2. The van der Waals surface area contributed by atoms with Crippen LogP contribution in [0.4, 0.5) is 0 Å². The third-order valence-electron chi connectivity index (χ3n) is 5.57. The summed E-state index contributed by atoms with van der Waals surface area (Å²) in [5.41, 5.74) is -0.480. The molecular formula is C18H22N4O3. The monoisotopic (exact) mass is 342 g/mol. The van der Waals surface area contributed by atoms with Gasteiger partial charge in [0.1, 0.15) is 6.54 Å². The van der Waals surface area contributed by atoms with Crippen LogP contribution in [0.2, 0.25) is 0 Å². The van der Waals surface area contributed by atoms with Gasteiger partial charge in [0, 0.05) is 25.2 Å². The standard InChI is InChI=1S/C18H22N4O3/c1-21(13-8-11-6-7-12(9-13)19-11)16(23)10-22-17(24)14-4-2-3-5-15(14)20-18(22)25/h2-5,11-13,19H,6-10H2,1H3,(H,20,25). The van der Waals surface area contributed by atoms with E-state index in [0.717, 1.165) is 30.3 Å². The lowest BCUT2D eigenvalue weighted by Gasteiger charge is -2.35. The molecule has 2 atom stereocenters. The van der Waals surface area contributed by atoms with Crippen LogP contribution in [0, 0.1) is 0 Å². The van der Waals surface area contributed by atoms with Gasteiger partial charge in [-0.15, -0.1) is 0 Å². The number of aromatic amines is 1. The highest BCUT2D eigenvalue weighted by Gasteiger charge is 2.36. The van der Waals surface area contributed by atoms with Crippen molar-refractivity contribution < 1.29 is 4.79 Å². The van der Waals surface area contributed by atoms with Crippen molar-refractivity contribution in [2.45, 2.75) is 50.4 Å². The fourth-order valence-corrected chi connectivity index (χ4v) is 4.14. The molecule has 3 heterocycles. The average Bonchev–Trinajstić information content (AvgIpc) is 2.95. The minimum absolute atomic E-state index is 0.168. The number of amides is 1. The summed E-state index contributed by atoms with van der Waals surface area (Å²) in [6, 6.07) is 7.96. The van der Waals surface area contributed by atoms with Gasteiger partial charge < -0.3 is 15.2 Å². The molecule has 0 spiro atoms. The third kappa shape index (κ3) is 2.89. The molecule has 25 heavy (non-hydrogen) atoms. The molecule has 2 fully saturated rings. The zero-order valence-electron chi connectivity index (χ0n) is 14.2. The van der Waals surface area contributed by atoms with Gasteiger partial charge in [-0.05, 0) is 37.8 Å². The molecule has 4 rings (SSSR count). The number of carbonyl (C=O) groups excluding carboxylic acids is 1. The lowest BCUT2D eigenvalue weighted by atomic mass is 9.98. The number of likely N-dealkylation sites (N-methyl/N-ethyl adjacent to an activating group) is 1. The van der Waals surface area contributed by atoms with Gasteiger partial charge in [0.25, 0.3) is 5.56 Å². The van der Waals surface area contributed by atoms with E-state index in [0.29, 0.717) is 23.0 Å². The maximum absolute atomic E-state index is 12.7. The summed E-state index contributed by atoms with van der Waals surface area (Å²) in [4.78, 5) is 41.9. The van der Waals surface area contributed by atoms with E-state index in [1.165, 1.54) is 0 Å². The summed E-state index contributed by atoms with van der Waals surface area (Å²) in [5, 5.41) is 3.97. The molecule has 1 aromatic carbocycles. The Bertz CT molecular complexity index is 920. The Kier molecular flexibility index (Phi) is 3.95. The van der Waals surface area contributed by atoms with Gasteiger partial charge in [0.05, 0.1) is 10.9 Å². The molecule has 1 amide bonds. The Morgan fingerprint density at radius 3 is 2.60 bits per heavy atom. The molecule has 0 radical (unpaired) electrons. The number of rotatable bonds is 3. The average molecular weight is 342 g/mol. The molecule has 2 unspecified atom stereocenters. The predicted molar refractivity (Wildman–Crippen MR) is 94.6 cm³/mol. The first-order valence-electron chi connectivity index (χ1n) is 8.76. The summed E-state index contributed by atoms with van der Waals surface area (Å²) < 4.78 is 0.997. The first kappa shape index (κ1) is 16.1. The van der Waals surface area contributed by atoms with Crippen molar-refractivity contribution in [2.75, 3.05) is 7.05 Å². The summed E-state index contributed by atoms with van der Waals surface area (Å²) >= 11 is 0. The molecule has 2 aliphatic rings. The van der Waals surface area contributed by atoms with E-state index in [1.54, 1.807) is 36.2 Å². The molecule has 0 aliphatic carbocycles. The van der Waals surface area contributed by atoms with E-state index in [2.05, 4.69) is 10.3 Å². The van der Waals surface area contributed by atoms with Crippen molar-refractivity contribution in [3.8, 4) is 0 Å². The van der Waals surface area contributed by atoms with Crippen molar-refractivity contribution in [2.24, 2.45) is 0 Å². The highest BCUT2D eigenvalue weighted by atomic mass is 16.2. The molecule has 2 aliphatic heterocycles. The third-order valence-corrected chi connectivity index (χ3v) is 5.57. The Morgan fingerprint density at radius 1 is 1.20 bits per heavy atom. The highest BCUT2D eigenvalue weighted by molar-refractivity contribution is 5.79. The number of hydrogen-bond acceptors (Lipinski definition) is 4. The number of aromatic nitrogens is 2. The lowest BCUT2D eigenvalue weighted by Crippen LogP contribution is -2.50. The van der Waals surface area contributed by atoms with Crippen LogP contribution >= 0.6 is 0 Å². The van der Waals surface area contributed by atoms with Crippen LogP contribution in [0.5, 0.6) is 0 Å². The van der Waals surface area contributed by atoms with Gasteiger partial charge in [0.15, 0.2) is 0 Å². The quantitative estimate of drug-likeness (QED) is 0.847. The minimum atomic E-state index is -0.546. The van der Waals surface area contributed by atoms with Crippen molar-refractivity contribution >= 4 is 16.8 Å². The predicted octanol–water partition coefficient (Wildman–Crippen LogP) is 0.431. The van der Waals surface area contributed by atoms with E-state index in [9.17, 15) is 14.4 Å². The topological polar surface area (TPSA) is 87.2 Å². The Morgan fingerprint density at radius 2 is 1.88 bits per heavy atom. The Labute approximate surface area is 144 Å². The van der Waals surface area contributed by atoms with Gasteiger partial charge in [-0.2, -0.15) is 0 Å². The number of carbonyl (C=O) groups is 1. The second kappa shape index (κ2) is 6.15. The number of H-pyrrole nitrogens is 1. The Balaban J connectivity index is 1.57. The first-order chi connectivity index (χ1) is 12.0. The van der Waals surface area contributed by atoms with Crippen LogP contribution in [0.3, 0.4) is 0 Å². The van der Waals surface area contributed by atoms with E-state index >= 15 is 0 Å². The van der Waals surface area contributed by atoms with Gasteiger partial charge >= 0.3 is 5.69 Å².